The van der Waals surface area contributed by atoms with E-state index in [2.05, 4.69) is 12.6 Å². The molecule has 0 amide bonds. The van der Waals surface area contributed by atoms with Crippen LogP contribution in [0.25, 0.3) is 16.3 Å². The van der Waals surface area contributed by atoms with Crippen LogP contribution in [0.4, 0.5) is 0 Å². The highest BCUT2D eigenvalue weighted by Crippen LogP contribution is 2.61. The van der Waals surface area contributed by atoms with Gasteiger partial charge in [0.05, 0.1) is 13.2 Å². The van der Waals surface area contributed by atoms with E-state index in [1.54, 1.807) is 0 Å². The van der Waals surface area contributed by atoms with Gasteiger partial charge in [0.1, 0.15) is 17.5 Å². The van der Waals surface area contributed by atoms with Crippen molar-refractivity contribution in [3.8, 4) is 5.75 Å². The second-order valence-corrected chi connectivity index (χ2v) is 11.2. The van der Waals surface area contributed by atoms with Crippen molar-refractivity contribution in [2.75, 3.05) is 13.2 Å². The van der Waals surface area contributed by atoms with Crippen molar-refractivity contribution in [1.82, 2.24) is 0 Å². The fraction of sp³-hybridized carbons (Fsp3) is 0.571. The lowest BCUT2D eigenvalue weighted by molar-refractivity contribution is -0.517. The summed E-state index contributed by atoms with van der Waals surface area (Å²) in [4.78, 5) is 12.2. The molecule has 1 aliphatic heterocycles. The van der Waals surface area contributed by atoms with E-state index in [4.69, 9.17) is 19.2 Å². The number of fused-ring (bicyclic) bond motifs is 1. The molecule has 4 saturated carbocycles. The third kappa shape index (κ3) is 3.52. The molecule has 33 heavy (non-hydrogen) atoms. The van der Waals surface area contributed by atoms with E-state index in [9.17, 15) is 5.11 Å². The fourth-order valence-electron chi connectivity index (χ4n) is 6.91. The van der Waals surface area contributed by atoms with Crippen LogP contribution in [-0.2, 0) is 14.5 Å². The van der Waals surface area contributed by atoms with Crippen LogP contribution in [-0.4, -0.2) is 35.8 Å². The molecule has 5 nitrogen and oxygen atoms in total. The molecule has 1 N–H and O–H groups in total. The van der Waals surface area contributed by atoms with Crippen LogP contribution >= 0.6 is 0 Å². The lowest BCUT2D eigenvalue weighted by atomic mass is 9.53. The third-order valence-corrected chi connectivity index (χ3v) is 8.42. The van der Waals surface area contributed by atoms with Crippen LogP contribution < -0.4 is 4.74 Å². The fourth-order valence-corrected chi connectivity index (χ4v) is 6.91. The van der Waals surface area contributed by atoms with Gasteiger partial charge in [-0.25, -0.2) is 4.89 Å². The molecule has 176 valence electrons. The lowest BCUT2D eigenvalue weighted by Gasteiger charge is -2.60. The second-order valence-electron chi connectivity index (χ2n) is 11.2. The number of benzene rings is 2. The van der Waals surface area contributed by atoms with Gasteiger partial charge in [0.2, 0.25) is 5.79 Å². The van der Waals surface area contributed by atoms with Crippen LogP contribution in [0.1, 0.15) is 51.5 Å². The number of aliphatic hydroxyl groups is 1. The molecule has 4 bridgehead atoms. The van der Waals surface area contributed by atoms with Gasteiger partial charge in [0.25, 0.3) is 0 Å². The summed E-state index contributed by atoms with van der Waals surface area (Å²) in [5.41, 5.74) is 1.18. The van der Waals surface area contributed by atoms with Gasteiger partial charge in [-0.3, -0.25) is 0 Å². The van der Waals surface area contributed by atoms with E-state index in [0.717, 1.165) is 39.5 Å². The van der Waals surface area contributed by atoms with Crippen molar-refractivity contribution < 1.29 is 24.4 Å². The molecule has 2 aromatic rings. The summed E-state index contributed by atoms with van der Waals surface area (Å²) in [5.74, 6) is 2.79. The normalized spacial score (nSPS) is 35.3. The minimum atomic E-state index is -0.664. The predicted octanol–water partition coefficient (Wildman–Crippen LogP) is 5.50. The lowest BCUT2D eigenvalue weighted by Crippen LogP contribution is -2.63. The predicted molar refractivity (Wildman–Crippen MR) is 126 cm³/mol. The van der Waals surface area contributed by atoms with E-state index in [1.807, 2.05) is 44.2 Å². The van der Waals surface area contributed by atoms with Crippen molar-refractivity contribution in [3.63, 3.8) is 0 Å². The van der Waals surface area contributed by atoms with Gasteiger partial charge < -0.3 is 14.6 Å². The SMILES string of the molecule is C=C(c1ccc(OC(C)(C)CO)c2ccccc12)C1COC2(OO1)C1CC3CC(C1)CC2C3. The Morgan fingerprint density at radius 2 is 1.70 bits per heavy atom. The molecular formula is C28H34O5. The topological polar surface area (TPSA) is 57.2 Å². The summed E-state index contributed by atoms with van der Waals surface area (Å²) in [5, 5.41) is 11.7. The standard InChI is InChI=1S/C28H34O5/c1-17(22-8-9-25(31-27(2,3)16-29)24-7-5-4-6-23(22)24)26-15-30-28(33-32-26)20-11-18-10-19(13-20)14-21(28)12-18/h4-9,18-21,26,29H,1,10-16H2,2-3H3. The van der Waals surface area contributed by atoms with Gasteiger partial charge >= 0.3 is 0 Å². The Balaban J connectivity index is 1.23. The van der Waals surface area contributed by atoms with Crippen molar-refractivity contribution in [1.29, 1.82) is 0 Å². The minimum Gasteiger partial charge on any atom is -0.485 e. The van der Waals surface area contributed by atoms with E-state index in [1.165, 1.54) is 32.1 Å². The zero-order valence-electron chi connectivity index (χ0n) is 19.6. The summed E-state index contributed by atoms with van der Waals surface area (Å²) in [6.45, 7) is 8.53. The monoisotopic (exact) mass is 450 g/mol. The highest BCUT2D eigenvalue weighted by Gasteiger charge is 2.61. The van der Waals surface area contributed by atoms with Crippen LogP contribution in [0.5, 0.6) is 5.75 Å². The van der Waals surface area contributed by atoms with E-state index in [0.29, 0.717) is 18.4 Å². The highest BCUT2D eigenvalue weighted by atomic mass is 17.2. The summed E-state index contributed by atoms with van der Waals surface area (Å²) < 4.78 is 12.7. The number of hydrogen-bond acceptors (Lipinski definition) is 5. The molecule has 1 unspecified atom stereocenters. The number of rotatable bonds is 5. The summed E-state index contributed by atoms with van der Waals surface area (Å²) in [6, 6.07) is 12.1. The quantitative estimate of drug-likeness (QED) is 0.610. The molecule has 1 saturated heterocycles. The molecule has 0 aromatic heterocycles. The molecule has 5 aliphatic rings. The first-order chi connectivity index (χ1) is 15.9. The van der Waals surface area contributed by atoms with E-state index >= 15 is 0 Å². The molecule has 7 rings (SSSR count). The van der Waals surface area contributed by atoms with E-state index in [-0.39, 0.29) is 12.7 Å². The average molecular weight is 451 g/mol. The van der Waals surface area contributed by atoms with Gasteiger partial charge in [-0.05, 0) is 80.4 Å². The number of ether oxygens (including phenoxy) is 2. The smallest absolute Gasteiger partial charge is 0.207 e. The molecule has 1 spiro atoms. The minimum absolute atomic E-state index is 0.0639. The molecule has 0 radical (unpaired) electrons. The molecule has 5 fully saturated rings. The Hall–Kier alpha value is -1.92. The zero-order valence-corrected chi connectivity index (χ0v) is 19.6. The van der Waals surface area contributed by atoms with Crippen molar-refractivity contribution in [3.05, 3.63) is 48.5 Å². The Labute approximate surface area is 195 Å². The largest absolute Gasteiger partial charge is 0.485 e. The second kappa shape index (κ2) is 7.81. The summed E-state index contributed by atoms with van der Waals surface area (Å²) >= 11 is 0. The van der Waals surface area contributed by atoms with Gasteiger partial charge in [-0.1, -0.05) is 36.9 Å². The van der Waals surface area contributed by atoms with Gasteiger partial charge in [0.15, 0.2) is 0 Å². The van der Waals surface area contributed by atoms with Crippen molar-refractivity contribution >= 4 is 16.3 Å². The average Bonchev–Trinajstić information content (AvgIpc) is 2.82. The first kappa shape index (κ1) is 21.6. The molecule has 1 heterocycles. The Kier molecular flexibility index (Phi) is 5.11. The maximum atomic E-state index is 9.64. The van der Waals surface area contributed by atoms with Gasteiger partial charge in [0, 0.05) is 17.2 Å². The molecule has 4 aliphatic carbocycles. The van der Waals surface area contributed by atoms with Crippen LogP contribution in [0.15, 0.2) is 43.0 Å². The maximum absolute atomic E-state index is 9.64. The number of hydrogen-bond donors (Lipinski definition) is 1. The molecule has 2 aromatic carbocycles. The van der Waals surface area contributed by atoms with Gasteiger partial charge in [-0.2, -0.15) is 4.89 Å². The van der Waals surface area contributed by atoms with Crippen molar-refractivity contribution in [2.24, 2.45) is 23.7 Å². The Morgan fingerprint density at radius 3 is 2.30 bits per heavy atom. The Bertz CT molecular complexity index is 1040. The third-order valence-electron chi connectivity index (χ3n) is 8.42. The first-order valence-corrected chi connectivity index (χ1v) is 12.4. The van der Waals surface area contributed by atoms with Crippen LogP contribution in [0.2, 0.25) is 0 Å². The van der Waals surface area contributed by atoms with Crippen LogP contribution in [0, 0.1) is 23.7 Å². The first-order valence-electron chi connectivity index (χ1n) is 12.4. The number of aliphatic hydroxyl groups excluding tert-OH is 1. The maximum Gasteiger partial charge on any atom is 0.207 e. The van der Waals surface area contributed by atoms with E-state index < -0.39 is 11.4 Å². The van der Waals surface area contributed by atoms with Crippen molar-refractivity contribution in [2.45, 2.75) is 63.4 Å². The summed E-state index contributed by atoms with van der Waals surface area (Å²) in [6.07, 6.45) is 5.87. The molecular weight excluding hydrogens is 416 g/mol. The molecule has 1 atom stereocenters. The van der Waals surface area contributed by atoms with Gasteiger partial charge in [-0.15, -0.1) is 0 Å². The summed E-state index contributed by atoms with van der Waals surface area (Å²) in [7, 11) is 0. The van der Waals surface area contributed by atoms with Crippen LogP contribution in [0.3, 0.4) is 0 Å². The zero-order chi connectivity index (χ0) is 22.8. The molecule has 5 heteroatoms. The Morgan fingerprint density at radius 1 is 1.03 bits per heavy atom. The highest BCUT2D eigenvalue weighted by molar-refractivity contribution is 5.97.